The minimum absolute atomic E-state index is 0.00458. The molecule has 2 unspecified atom stereocenters. The van der Waals surface area contributed by atoms with Crippen molar-refractivity contribution in [2.75, 3.05) is 20.1 Å². The Labute approximate surface area is 340 Å². The van der Waals surface area contributed by atoms with Gasteiger partial charge in [0.05, 0.1) is 18.1 Å². The molecule has 1 heterocycles. The van der Waals surface area contributed by atoms with Gasteiger partial charge in [0, 0.05) is 18.5 Å². The maximum Gasteiger partial charge on any atom is 0.245 e. The van der Waals surface area contributed by atoms with Gasteiger partial charge in [0.25, 0.3) is 0 Å². The predicted octanol–water partition coefficient (Wildman–Crippen LogP) is 5.58. The molecule has 3 amide bonds. The van der Waals surface area contributed by atoms with Gasteiger partial charge in [-0.05, 0) is 100 Å². The fourth-order valence-corrected chi connectivity index (χ4v) is 8.80. The highest BCUT2D eigenvalue weighted by atomic mass is 16.2. The van der Waals surface area contributed by atoms with E-state index in [4.69, 9.17) is 11.5 Å². The number of rotatable bonds is 22. The molecule has 57 heavy (non-hydrogen) atoms. The molecular weight excluding hydrogens is 713 g/mol. The van der Waals surface area contributed by atoms with Crippen LogP contribution in [0.1, 0.15) is 106 Å². The molecular formula is C47H66N6O4. The second-order valence-electron chi connectivity index (χ2n) is 16.3. The van der Waals surface area contributed by atoms with Crippen LogP contribution in [0.4, 0.5) is 0 Å². The first kappa shape index (κ1) is 43.7. The molecule has 0 bridgehead atoms. The van der Waals surface area contributed by atoms with Crippen molar-refractivity contribution in [2.45, 2.75) is 132 Å². The Hall–Kier alpha value is -4.38. The van der Waals surface area contributed by atoms with Crippen LogP contribution in [0.25, 0.3) is 0 Å². The third-order valence-corrected chi connectivity index (χ3v) is 12.0. The largest absolute Gasteiger partial charge is 0.352 e. The molecule has 2 fully saturated rings. The number of ketones is 1. The summed E-state index contributed by atoms with van der Waals surface area (Å²) in [4.78, 5) is 58.3. The van der Waals surface area contributed by atoms with Crippen molar-refractivity contribution in [3.05, 3.63) is 108 Å². The number of nitrogens with zero attached hydrogens (tertiary/aromatic N) is 1. The zero-order chi connectivity index (χ0) is 40.4. The number of benzene rings is 3. The summed E-state index contributed by atoms with van der Waals surface area (Å²) in [6, 6.07) is 27.0. The average Bonchev–Trinajstić information content (AvgIpc) is 3.74. The number of nitrogens with one attached hydrogen (secondary N) is 3. The molecule has 0 aromatic heterocycles. The molecule has 2 aliphatic rings. The molecule has 1 saturated carbocycles. The van der Waals surface area contributed by atoms with E-state index < -0.39 is 30.1 Å². The van der Waals surface area contributed by atoms with E-state index in [1.165, 1.54) is 19.3 Å². The van der Waals surface area contributed by atoms with Crippen LogP contribution in [0.3, 0.4) is 0 Å². The standard InChI is InChI=1S/C47H66N6O4/c1-50-42(33-36-21-10-4-11-22-36)46(56)52-41(25-14-15-29-48)47(57)53-30-16-26-43(53)44(54)39(37-23-12-5-13-24-37)28-27-38(31-34-17-6-2-7-18-34)51-45(55)40(49)32-35-19-8-3-9-20-35/h2,4-7,10-13,17-18,21-24,35,38-43,50H,3,8-9,14-16,19-20,25-33,48-49H2,1H3,(H,51,55)(H,52,56)/t38?,39?,40-,41+,42+,43+/m1/s1. The first-order valence-corrected chi connectivity index (χ1v) is 21.5. The van der Waals surface area contributed by atoms with Crippen molar-refractivity contribution in [3.63, 3.8) is 0 Å². The normalized spacial score (nSPS) is 18.6. The molecule has 3 aromatic carbocycles. The highest BCUT2D eigenvalue weighted by Crippen LogP contribution is 2.32. The lowest BCUT2D eigenvalue weighted by Gasteiger charge is -2.32. The Balaban J connectivity index is 1.32. The molecule has 10 nitrogen and oxygen atoms in total. The van der Waals surface area contributed by atoms with Gasteiger partial charge in [-0.3, -0.25) is 19.2 Å². The van der Waals surface area contributed by atoms with Crippen LogP contribution in [-0.2, 0) is 32.0 Å². The van der Waals surface area contributed by atoms with E-state index in [2.05, 4.69) is 28.1 Å². The van der Waals surface area contributed by atoms with Gasteiger partial charge in [0.1, 0.15) is 6.04 Å². The van der Waals surface area contributed by atoms with Crippen molar-refractivity contribution >= 4 is 23.5 Å². The first-order chi connectivity index (χ1) is 27.8. The van der Waals surface area contributed by atoms with Crippen molar-refractivity contribution < 1.29 is 19.2 Å². The van der Waals surface area contributed by atoms with E-state index in [9.17, 15) is 19.2 Å². The lowest BCUT2D eigenvalue weighted by atomic mass is 9.84. The van der Waals surface area contributed by atoms with E-state index in [-0.39, 0.29) is 29.5 Å². The van der Waals surface area contributed by atoms with Crippen LogP contribution < -0.4 is 27.4 Å². The van der Waals surface area contributed by atoms with Crippen LogP contribution >= 0.6 is 0 Å². The average molecular weight is 779 g/mol. The van der Waals surface area contributed by atoms with Crippen LogP contribution in [0.2, 0.25) is 0 Å². The van der Waals surface area contributed by atoms with E-state index in [1.807, 2.05) is 78.9 Å². The van der Waals surface area contributed by atoms with Gasteiger partial charge in [-0.15, -0.1) is 0 Å². The van der Waals surface area contributed by atoms with Crippen molar-refractivity contribution in [1.29, 1.82) is 0 Å². The van der Waals surface area contributed by atoms with Gasteiger partial charge in [0.2, 0.25) is 17.7 Å². The quantitative estimate of drug-likeness (QED) is 0.0834. The summed E-state index contributed by atoms with van der Waals surface area (Å²) >= 11 is 0. The number of carbonyl (C=O) groups is 4. The number of amides is 3. The zero-order valence-electron chi connectivity index (χ0n) is 34.0. The van der Waals surface area contributed by atoms with E-state index >= 15 is 0 Å². The van der Waals surface area contributed by atoms with Crippen molar-refractivity contribution in [1.82, 2.24) is 20.9 Å². The zero-order valence-corrected chi connectivity index (χ0v) is 34.0. The smallest absolute Gasteiger partial charge is 0.245 e. The Kier molecular flexibility index (Phi) is 17.7. The molecule has 7 N–H and O–H groups in total. The summed E-state index contributed by atoms with van der Waals surface area (Å²) in [5.41, 5.74) is 15.4. The van der Waals surface area contributed by atoms with Gasteiger partial charge in [-0.2, -0.15) is 0 Å². The number of hydrogen-bond donors (Lipinski definition) is 5. The van der Waals surface area contributed by atoms with Crippen molar-refractivity contribution in [2.24, 2.45) is 17.4 Å². The molecule has 0 radical (unpaired) electrons. The van der Waals surface area contributed by atoms with Gasteiger partial charge < -0.3 is 32.3 Å². The molecule has 1 saturated heterocycles. The molecule has 1 aliphatic heterocycles. The number of nitrogens with two attached hydrogens (primary N) is 2. The van der Waals surface area contributed by atoms with Gasteiger partial charge in [0.15, 0.2) is 5.78 Å². The number of hydrogen-bond acceptors (Lipinski definition) is 7. The Morgan fingerprint density at radius 3 is 1.96 bits per heavy atom. The maximum atomic E-state index is 14.8. The Bertz CT molecular complexity index is 1670. The molecule has 6 atom stereocenters. The van der Waals surface area contributed by atoms with Crippen LogP contribution in [0, 0.1) is 5.92 Å². The van der Waals surface area contributed by atoms with Crippen LogP contribution in [0.5, 0.6) is 0 Å². The molecule has 5 rings (SSSR count). The van der Waals surface area contributed by atoms with E-state index in [0.29, 0.717) is 76.8 Å². The summed E-state index contributed by atoms with van der Waals surface area (Å²) in [5.74, 6) is -0.614. The second-order valence-corrected chi connectivity index (χ2v) is 16.3. The maximum absolute atomic E-state index is 14.8. The minimum Gasteiger partial charge on any atom is -0.352 e. The Morgan fingerprint density at radius 2 is 1.33 bits per heavy atom. The number of Topliss-reactive ketones (excluding diaryl/α,β-unsaturated/α-hetero) is 1. The van der Waals surface area contributed by atoms with Crippen molar-refractivity contribution in [3.8, 4) is 0 Å². The van der Waals surface area contributed by atoms with E-state index in [0.717, 1.165) is 36.0 Å². The highest BCUT2D eigenvalue weighted by molar-refractivity contribution is 5.96. The fraction of sp³-hybridized carbons (Fsp3) is 0.532. The van der Waals surface area contributed by atoms with Crippen LogP contribution in [-0.4, -0.2) is 78.8 Å². The molecule has 3 aromatic rings. The lowest BCUT2D eigenvalue weighted by Crippen LogP contribution is -2.55. The van der Waals surface area contributed by atoms with Crippen LogP contribution in [0.15, 0.2) is 91.0 Å². The summed E-state index contributed by atoms with van der Waals surface area (Å²) in [6.07, 6.45) is 11.9. The summed E-state index contributed by atoms with van der Waals surface area (Å²) in [5, 5.41) is 9.48. The topological polar surface area (TPSA) is 160 Å². The third kappa shape index (κ3) is 13.3. The number of unbranched alkanes of at least 4 members (excludes halogenated alkanes) is 1. The molecule has 308 valence electrons. The third-order valence-electron chi connectivity index (χ3n) is 12.0. The van der Waals surface area contributed by atoms with E-state index in [1.54, 1.807) is 11.9 Å². The monoisotopic (exact) mass is 779 g/mol. The van der Waals surface area contributed by atoms with Gasteiger partial charge in [-0.1, -0.05) is 123 Å². The lowest BCUT2D eigenvalue weighted by molar-refractivity contribution is -0.141. The summed E-state index contributed by atoms with van der Waals surface area (Å²) in [6.45, 7) is 0.939. The molecule has 0 spiro atoms. The fourth-order valence-electron chi connectivity index (χ4n) is 8.80. The van der Waals surface area contributed by atoms with Gasteiger partial charge >= 0.3 is 0 Å². The molecule has 10 heteroatoms. The summed E-state index contributed by atoms with van der Waals surface area (Å²) < 4.78 is 0. The summed E-state index contributed by atoms with van der Waals surface area (Å²) in [7, 11) is 1.75. The number of carbonyl (C=O) groups excluding carboxylic acids is 4. The number of likely N-dealkylation sites (tertiary alicyclic amines) is 1. The highest BCUT2D eigenvalue weighted by Gasteiger charge is 2.41. The predicted molar refractivity (Wildman–Crippen MR) is 227 cm³/mol. The van der Waals surface area contributed by atoms with Gasteiger partial charge in [-0.25, -0.2) is 0 Å². The number of likely N-dealkylation sites (N-methyl/N-ethyl adjacent to an activating group) is 1. The second kappa shape index (κ2) is 23.1. The minimum atomic E-state index is -0.775. The Morgan fingerprint density at radius 1 is 0.702 bits per heavy atom. The first-order valence-electron chi connectivity index (χ1n) is 21.5. The molecule has 1 aliphatic carbocycles. The SMILES string of the molecule is CN[C@@H](Cc1ccccc1)C(=O)N[C@@H](CCCCN)C(=O)N1CCC[C@H]1C(=O)C(CCC(Cc1ccccc1)NC(=O)[C@H](N)CC1CCCCC1)c1ccccc1.